The lowest BCUT2D eigenvalue weighted by Crippen LogP contribution is -2.38. The summed E-state index contributed by atoms with van der Waals surface area (Å²) in [6.07, 6.45) is 1.03. The number of carbonyl (C=O) groups is 2. The summed E-state index contributed by atoms with van der Waals surface area (Å²) in [6, 6.07) is 13.2. The second kappa shape index (κ2) is 8.66. The average molecular weight is 370 g/mol. The molecule has 1 saturated heterocycles. The first-order valence-electron chi connectivity index (χ1n) is 9.02. The Labute approximate surface area is 158 Å². The highest BCUT2D eigenvalue weighted by molar-refractivity contribution is 5.94. The first-order valence-corrected chi connectivity index (χ1v) is 9.02. The summed E-state index contributed by atoms with van der Waals surface area (Å²) in [6.45, 7) is 2.10. The Balaban J connectivity index is 1.58. The van der Waals surface area contributed by atoms with E-state index < -0.39 is 5.82 Å². The summed E-state index contributed by atoms with van der Waals surface area (Å²) in [5.41, 5.74) is 1.27. The topological polar surface area (TPSA) is 49.9 Å². The molecule has 0 N–H and O–H groups in total. The molecule has 1 aliphatic heterocycles. The van der Waals surface area contributed by atoms with Crippen molar-refractivity contribution in [2.45, 2.75) is 12.8 Å². The second-order valence-electron chi connectivity index (χ2n) is 6.56. The van der Waals surface area contributed by atoms with Crippen molar-refractivity contribution in [2.75, 3.05) is 33.3 Å². The van der Waals surface area contributed by atoms with Crippen LogP contribution in [-0.2, 0) is 11.2 Å². The van der Waals surface area contributed by atoms with Crippen LogP contribution in [0.4, 0.5) is 4.39 Å². The van der Waals surface area contributed by atoms with E-state index in [2.05, 4.69) is 0 Å². The van der Waals surface area contributed by atoms with Gasteiger partial charge in [0.2, 0.25) is 5.91 Å². The summed E-state index contributed by atoms with van der Waals surface area (Å²) in [5, 5.41) is 0. The van der Waals surface area contributed by atoms with Gasteiger partial charge in [0.1, 0.15) is 11.6 Å². The van der Waals surface area contributed by atoms with Crippen molar-refractivity contribution in [3.05, 3.63) is 65.5 Å². The first kappa shape index (κ1) is 18.9. The summed E-state index contributed by atoms with van der Waals surface area (Å²) >= 11 is 0. The molecular weight excluding hydrogens is 347 g/mol. The Hall–Kier alpha value is -2.89. The third-order valence-electron chi connectivity index (χ3n) is 4.72. The molecule has 6 heteroatoms. The molecule has 1 fully saturated rings. The third kappa shape index (κ3) is 4.84. The fourth-order valence-corrected chi connectivity index (χ4v) is 3.20. The van der Waals surface area contributed by atoms with E-state index in [0.29, 0.717) is 44.6 Å². The van der Waals surface area contributed by atoms with Gasteiger partial charge in [0.05, 0.1) is 13.5 Å². The predicted octanol–water partition coefficient (Wildman–Crippen LogP) is 2.75. The van der Waals surface area contributed by atoms with Gasteiger partial charge in [-0.05, 0) is 42.3 Å². The smallest absolute Gasteiger partial charge is 0.254 e. The lowest BCUT2D eigenvalue weighted by atomic mass is 10.1. The molecule has 0 saturated carbocycles. The Kier molecular flexibility index (Phi) is 6.06. The molecule has 0 unspecified atom stereocenters. The van der Waals surface area contributed by atoms with Crippen molar-refractivity contribution in [3.63, 3.8) is 0 Å². The van der Waals surface area contributed by atoms with Crippen LogP contribution in [0.2, 0.25) is 0 Å². The van der Waals surface area contributed by atoms with Crippen molar-refractivity contribution < 1.29 is 18.7 Å². The molecule has 0 spiro atoms. The molecule has 0 aromatic heterocycles. The van der Waals surface area contributed by atoms with Gasteiger partial charge in [-0.2, -0.15) is 0 Å². The van der Waals surface area contributed by atoms with Gasteiger partial charge in [0.15, 0.2) is 0 Å². The predicted molar refractivity (Wildman–Crippen MR) is 100 cm³/mol. The van der Waals surface area contributed by atoms with E-state index >= 15 is 0 Å². The molecule has 3 rings (SSSR count). The summed E-state index contributed by atoms with van der Waals surface area (Å²) in [7, 11) is 1.61. The quantitative estimate of drug-likeness (QED) is 0.832. The number of methoxy groups -OCH3 is 1. The van der Waals surface area contributed by atoms with Crippen molar-refractivity contribution in [3.8, 4) is 5.75 Å². The molecule has 0 radical (unpaired) electrons. The van der Waals surface area contributed by atoms with Crippen LogP contribution in [-0.4, -0.2) is 54.9 Å². The van der Waals surface area contributed by atoms with Gasteiger partial charge in [-0.3, -0.25) is 9.59 Å². The maximum absolute atomic E-state index is 13.4. The van der Waals surface area contributed by atoms with E-state index in [0.717, 1.165) is 11.3 Å². The molecule has 2 aromatic rings. The molecular formula is C21H23FN2O3. The number of amides is 2. The van der Waals surface area contributed by atoms with E-state index in [-0.39, 0.29) is 11.8 Å². The summed E-state index contributed by atoms with van der Waals surface area (Å²) in [5.74, 6) is 0.179. The van der Waals surface area contributed by atoms with Gasteiger partial charge in [-0.1, -0.05) is 18.2 Å². The van der Waals surface area contributed by atoms with E-state index in [9.17, 15) is 14.0 Å². The fourth-order valence-electron chi connectivity index (χ4n) is 3.20. The molecule has 5 nitrogen and oxygen atoms in total. The van der Waals surface area contributed by atoms with Crippen molar-refractivity contribution in [1.82, 2.24) is 9.80 Å². The van der Waals surface area contributed by atoms with Crippen LogP contribution >= 0.6 is 0 Å². The van der Waals surface area contributed by atoms with Crippen LogP contribution in [0.3, 0.4) is 0 Å². The van der Waals surface area contributed by atoms with Gasteiger partial charge < -0.3 is 14.5 Å². The Morgan fingerprint density at radius 2 is 1.70 bits per heavy atom. The molecule has 0 aliphatic carbocycles. The highest BCUT2D eigenvalue weighted by atomic mass is 19.1. The monoisotopic (exact) mass is 370 g/mol. The van der Waals surface area contributed by atoms with E-state index in [1.807, 2.05) is 24.3 Å². The SMILES string of the molecule is COc1ccc(CC(=O)N2CCCN(C(=O)c3cccc(F)c3)CC2)cc1. The van der Waals surface area contributed by atoms with Crippen LogP contribution in [0.1, 0.15) is 22.3 Å². The number of halogens is 1. The van der Waals surface area contributed by atoms with Gasteiger partial charge in [-0.25, -0.2) is 4.39 Å². The highest BCUT2D eigenvalue weighted by Crippen LogP contribution is 2.14. The molecule has 0 bridgehead atoms. The van der Waals surface area contributed by atoms with E-state index in [1.54, 1.807) is 23.0 Å². The van der Waals surface area contributed by atoms with Crippen molar-refractivity contribution in [2.24, 2.45) is 0 Å². The zero-order valence-electron chi connectivity index (χ0n) is 15.4. The standard InChI is InChI=1S/C21H23FN2O3/c1-27-19-8-6-16(7-9-19)14-20(25)23-10-3-11-24(13-12-23)21(26)17-4-2-5-18(22)15-17/h2,4-9,15H,3,10-14H2,1H3. The van der Waals surface area contributed by atoms with Crippen LogP contribution < -0.4 is 4.74 Å². The average Bonchev–Trinajstić information content (AvgIpc) is 2.94. The van der Waals surface area contributed by atoms with Crippen LogP contribution in [0.25, 0.3) is 0 Å². The Morgan fingerprint density at radius 3 is 2.41 bits per heavy atom. The van der Waals surface area contributed by atoms with Crippen molar-refractivity contribution >= 4 is 11.8 Å². The van der Waals surface area contributed by atoms with E-state index in [1.165, 1.54) is 18.2 Å². The number of ether oxygens (including phenoxy) is 1. The number of nitrogens with zero attached hydrogens (tertiary/aromatic N) is 2. The summed E-state index contributed by atoms with van der Waals surface area (Å²) in [4.78, 5) is 28.7. The molecule has 0 atom stereocenters. The van der Waals surface area contributed by atoms with Crippen LogP contribution in [0, 0.1) is 5.82 Å². The number of hydrogen-bond acceptors (Lipinski definition) is 3. The van der Waals surface area contributed by atoms with Gasteiger partial charge >= 0.3 is 0 Å². The van der Waals surface area contributed by atoms with Gasteiger partial charge in [0, 0.05) is 31.7 Å². The van der Waals surface area contributed by atoms with Gasteiger partial charge in [-0.15, -0.1) is 0 Å². The number of rotatable bonds is 4. The fraction of sp³-hybridized carbons (Fsp3) is 0.333. The molecule has 2 amide bonds. The number of hydrogen-bond donors (Lipinski definition) is 0. The Bertz CT molecular complexity index is 807. The lowest BCUT2D eigenvalue weighted by Gasteiger charge is -2.22. The van der Waals surface area contributed by atoms with Gasteiger partial charge in [0.25, 0.3) is 5.91 Å². The third-order valence-corrected chi connectivity index (χ3v) is 4.72. The van der Waals surface area contributed by atoms with Crippen molar-refractivity contribution in [1.29, 1.82) is 0 Å². The number of benzene rings is 2. The zero-order valence-corrected chi connectivity index (χ0v) is 15.4. The maximum Gasteiger partial charge on any atom is 0.254 e. The van der Waals surface area contributed by atoms with Crippen LogP contribution in [0.5, 0.6) is 5.75 Å². The molecule has 2 aromatic carbocycles. The number of carbonyl (C=O) groups excluding carboxylic acids is 2. The molecule has 1 heterocycles. The molecule has 1 aliphatic rings. The lowest BCUT2D eigenvalue weighted by molar-refractivity contribution is -0.130. The Morgan fingerprint density at radius 1 is 1.00 bits per heavy atom. The normalized spacial score (nSPS) is 14.6. The minimum Gasteiger partial charge on any atom is -0.497 e. The highest BCUT2D eigenvalue weighted by Gasteiger charge is 2.23. The summed E-state index contributed by atoms with van der Waals surface area (Å²) < 4.78 is 18.5. The van der Waals surface area contributed by atoms with Crippen LogP contribution in [0.15, 0.2) is 48.5 Å². The molecule has 27 heavy (non-hydrogen) atoms. The minimum absolute atomic E-state index is 0.0419. The maximum atomic E-state index is 13.4. The molecule has 142 valence electrons. The minimum atomic E-state index is -0.424. The second-order valence-corrected chi connectivity index (χ2v) is 6.56. The van der Waals surface area contributed by atoms with E-state index in [4.69, 9.17) is 4.74 Å². The largest absolute Gasteiger partial charge is 0.497 e. The first-order chi connectivity index (χ1) is 13.1. The zero-order chi connectivity index (χ0) is 19.2.